The van der Waals surface area contributed by atoms with Crippen LogP contribution in [0.3, 0.4) is 0 Å². The zero-order chi connectivity index (χ0) is 11.5. The molecule has 0 aromatic carbocycles. The third-order valence-corrected chi connectivity index (χ3v) is 2.57. The molecule has 1 N–H and O–H groups in total. The zero-order valence-corrected chi connectivity index (χ0v) is 10.2. The highest BCUT2D eigenvalue weighted by molar-refractivity contribution is 4.66. The van der Waals surface area contributed by atoms with Crippen LogP contribution in [0.2, 0.25) is 0 Å². The molecule has 15 heavy (non-hydrogen) atoms. The van der Waals surface area contributed by atoms with E-state index in [1.807, 2.05) is 6.08 Å². The Bertz CT molecular complexity index is 145. The fraction of sp³-hybridized carbons (Fsp3) is 0.846. The van der Waals surface area contributed by atoms with Gasteiger partial charge in [-0.1, -0.05) is 25.8 Å². The van der Waals surface area contributed by atoms with Crippen molar-refractivity contribution in [3.05, 3.63) is 12.7 Å². The monoisotopic (exact) mass is 214 g/mol. The van der Waals surface area contributed by atoms with Crippen molar-refractivity contribution in [2.45, 2.75) is 51.6 Å². The van der Waals surface area contributed by atoms with Gasteiger partial charge in [0, 0.05) is 13.7 Å². The Hall–Kier alpha value is -0.340. The number of aliphatic hydroxyl groups excluding tert-OH is 1. The van der Waals surface area contributed by atoms with E-state index in [-0.39, 0.29) is 6.10 Å². The standard InChI is InChI=1S/C13H26O2/c1-4-5-6-7-8-9-13(14)10-12(2)11-15-3/h4,12-14H,1,5-11H2,2-3H3. The molecule has 0 fully saturated rings. The molecule has 0 radical (unpaired) electrons. The Balaban J connectivity index is 3.31. The predicted molar refractivity (Wildman–Crippen MR) is 64.9 cm³/mol. The van der Waals surface area contributed by atoms with Gasteiger partial charge in [0.2, 0.25) is 0 Å². The molecule has 0 saturated carbocycles. The van der Waals surface area contributed by atoms with Gasteiger partial charge in [0.1, 0.15) is 0 Å². The first-order valence-electron chi connectivity index (χ1n) is 5.98. The normalized spacial score (nSPS) is 14.9. The molecule has 2 atom stereocenters. The minimum Gasteiger partial charge on any atom is -0.393 e. The molecule has 0 heterocycles. The van der Waals surface area contributed by atoms with E-state index in [1.54, 1.807) is 7.11 Å². The van der Waals surface area contributed by atoms with Crippen molar-refractivity contribution in [1.29, 1.82) is 0 Å². The lowest BCUT2D eigenvalue weighted by Crippen LogP contribution is -2.14. The third kappa shape index (κ3) is 9.95. The Kier molecular flexibility index (Phi) is 9.96. The van der Waals surface area contributed by atoms with Gasteiger partial charge in [-0.2, -0.15) is 0 Å². The maximum atomic E-state index is 9.73. The molecule has 90 valence electrons. The van der Waals surface area contributed by atoms with Gasteiger partial charge in [-0.3, -0.25) is 0 Å². The van der Waals surface area contributed by atoms with E-state index in [4.69, 9.17) is 4.74 Å². The van der Waals surface area contributed by atoms with Gasteiger partial charge in [0.25, 0.3) is 0 Å². The van der Waals surface area contributed by atoms with Crippen molar-refractivity contribution in [3.8, 4) is 0 Å². The van der Waals surface area contributed by atoms with Gasteiger partial charge < -0.3 is 9.84 Å². The largest absolute Gasteiger partial charge is 0.393 e. The van der Waals surface area contributed by atoms with Gasteiger partial charge >= 0.3 is 0 Å². The van der Waals surface area contributed by atoms with E-state index in [0.29, 0.717) is 5.92 Å². The fourth-order valence-corrected chi connectivity index (χ4v) is 1.78. The first kappa shape index (κ1) is 14.7. The summed E-state index contributed by atoms with van der Waals surface area (Å²) < 4.78 is 5.04. The Morgan fingerprint density at radius 1 is 1.33 bits per heavy atom. The fourth-order valence-electron chi connectivity index (χ4n) is 1.78. The van der Waals surface area contributed by atoms with Gasteiger partial charge in [0.15, 0.2) is 0 Å². The molecule has 0 rings (SSSR count). The lowest BCUT2D eigenvalue weighted by molar-refractivity contribution is 0.0949. The van der Waals surface area contributed by atoms with E-state index in [2.05, 4.69) is 13.5 Å². The van der Waals surface area contributed by atoms with Crippen LogP contribution in [-0.4, -0.2) is 24.9 Å². The minimum absolute atomic E-state index is 0.154. The van der Waals surface area contributed by atoms with Crippen LogP contribution in [0.1, 0.15) is 45.4 Å². The van der Waals surface area contributed by atoms with Crippen LogP contribution >= 0.6 is 0 Å². The number of ether oxygens (including phenoxy) is 1. The van der Waals surface area contributed by atoms with Crippen molar-refractivity contribution in [2.24, 2.45) is 5.92 Å². The molecule has 0 aliphatic heterocycles. The Morgan fingerprint density at radius 3 is 2.67 bits per heavy atom. The number of allylic oxidation sites excluding steroid dienone is 1. The molecule has 0 aliphatic rings. The van der Waals surface area contributed by atoms with Crippen molar-refractivity contribution < 1.29 is 9.84 Å². The zero-order valence-electron chi connectivity index (χ0n) is 10.2. The van der Waals surface area contributed by atoms with E-state index in [0.717, 1.165) is 32.3 Å². The molecule has 2 nitrogen and oxygen atoms in total. The van der Waals surface area contributed by atoms with Gasteiger partial charge in [-0.25, -0.2) is 0 Å². The number of rotatable bonds is 10. The SMILES string of the molecule is C=CCCCCCC(O)CC(C)COC. The summed E-state index contributed by atoms with van der Waals surface area (Å²) >= 11 is 0. The highest BCUT2D eigenvalue weighted by atomic mass is 16.5. The Labute approximate surface area is 94.3 Å². The first-order chi connectivity index (χ1) is 7.20. The average molecular weight is 214 g/mol. The summed E-state index contributed by atoms with van der Waals surface area (Å²) in [5.41, 5.74) is 0. The van der Waals surface area contributed by atoms with E-state index in [9.17, 15) is 5.11 Å². The topological polar surface area (TPSA) is 29.5 Å². The third-order valence-electron chi connectivity index (χ3n) is 2.57. The van der Waals surface area contributed by atoms with Crippen molar-refractivity contribution in [1.82, 2.24) is 0 Å². The molecule has 2 heteroatoms. The van der Waals surface area contributed by atoms with Crippen LogP contribution in [0, 0.1) is 5.92 Å². The smallest absolute Gasteiger partial charge is 0.0543 e. The van der Waals surface area contributed by atoms with E-state index >= 15 is 0 Å². The second kappa shape index (κ2) is 10.2. The number of aliphatic hydroxyl groups is 1. The summed E-state index contributed by atoms with van der Waals surface area (Å²) in [6.07, 6.45) is 8.19. The van der Waals surface area contributed by atoms with Crippen LogP contribution in [0.25, 0.3) is 0 Å². The Morgan fingerprint density at radius 2 is 2.07 bits per heavy atom. The molecule has 0 aliphatic carbocycles. The quantitative estimate of drug-likeness (QED) is 0.447. The molecule has 0 amide bonds. The van der Waals surface area contributed by atoms with Crippen molar-refractivity contribution >= 4 is 0 Å². The summed E-state index contributed by atoms with van der Waals surface area (Å²) in [4.78, 5) is 0. The van der Waals surface area contributed by atoms with Crippen LogP contribution in [0.15, 0.2) is 12.7 Å². The number of hydrogen-bond acceptors (Lipinski definition) is 2. The molecule has 0 bridgehead atoms. The summed E-state index contributed by atoms with van der Waals surface area (Å²) in [7, 11) is 1.71. The van der Waals surface area contributed by atoms with Gasteiger partial charge in [-0.05, 0) is 31.6 Å². The summed E-state index contributed by atoms with van der Waals surface area (Å²) in [6.45, 7) is 6.55. The molecule has 0 spiro atoms. The second-order valence-corrected chi connectivity index (χ2v) is 4.38. The highest BCUT2D eigenvalue weighted by Crippen LogP contribution is 2.13. The number of unbranched alkanes of at least 4 members (excludes halogenated alkanes) is 3. The molecule has 2 unspecified atom stereocenters. The first-order valence-corrected chi connectivity index (χ1v) is 5.98. The molecule has 0 aromatic rings. The van der Waals surface area contributed by atoms with Crippen molar-refractivity contribution in [2.75, 3.05) is 13.7 Å². The van der Waals surface area contributed by atoms with Crippen LogP contribution in [0.4, 0.5) is 0 Å². The molecular formula is C13H26O2. The maximum absolute atomic E-state index is 9.73. The maximum Gasteiger partial charge on any atom is 0.0543 e. The molecule has 0 aromatic heterocycles. The summed E-state index contributed by atoms with van der Waals surface area (Å²) in [5, 5.41) is 9.73. The van der Waals surface area contributed by atoms with Crippen LogP contribution in [-0.2, 0) is 4.74 Å². The second-order valence-electron chi connectivity index (χ2n) is 4.38. The number of hydrogen-bond donors (Lipinski definition) is 1. The number of methoxy groups -OCH3 is 1. The van der Waals surface area contributed by atoms with Gasteiger partial charge in [-0.15, -0.1) is 6.58 Å². The van der Waals surface area contributed by atoms with Crippen LogP contribution in [0.5, 0.6) is 0 Å². The lowest BCUT2D eigenvalue weighted by Gasteiger charge is -2.15. The predicted octanol–water partition coefficient (Wildman–Crippen LogP) is 3.16. The van der Waals surface area contributed by atoms with Crippen molar-refractivity contribution in [3.63, 3.8) is 0 Å². The van der Waals surface area contributed by atoms with Gasteiger partial charge in [0.05, 0.1) is 6.10 Å². The van der Waals surface area contributed by atoms with E-state index in [1.165, 1.54) is 12.8 Å². The van der Waals surface area contributed by atoms with E-state index < -0.39 is 0 Å². The minimum atomic E-state index is -0.154. The lowest BCUT2D eigenvalue weighted by atomic mass is 10.00. The average Bonchev–Trinajstić information content (AvgIpc) is 2.17. The van der Waals surface area contributed by atoms with Crippen LogP contribution < -0.4 is 0 Å². The summed E-state index contributed by atoms with van der Waals surface area (Å²) in [5.74, 6) is 0.457. The molecule has 0 saturated heterocycles. The highest BCUT2D eigenvalue weighted by Gasteiger charge is 2.09. The molecular weight excluding hydrogens is 188 g/mol. The summed E-state index contributed by atoms with van der Waals surface area (Å²) in [6, 6.07) is 0.